The molecule has 2 rings (SSSR count). The first kappa shape index (κ1) is 13.7. The average molecular weight is 285 g/mol. The molecule has 0 radical (unpaired) electrons. The molecule has 1 aromatic rings. The van der Waals surface area contributed by atoms with Gasteiger partial charge in [-0.25, -0.2) is 4.79 Å². The van der Waals surface area contributed by atoms with Crippen molar-refractivity contribution >= 4 is 23.4 Å². The second-order valence-electron chi connectivity index (χ2n) is 4.46. The summed E-state index contributed by atoms with van der Waals surface area (Å²) in [5.41, 5.74) is 0.523. The molecule has 1 aliphatic rings. The summed E-state index contributed by atoms with van der Waals surface area (Å²) in [6.07, 6.45) is 0. The molecule has 0 fully saturated rings. The SMILES string of the molecule is CC(C)c1c(C(=O)C(=O)O)cc2c(c1Cl)OCCO2. The molecule has 1 heterocycles. The summed E-state index contributed by atoms with van der Waals surface area (Å²) in [7, 11) is 0. The maximum atomic E-state index is 11.8. The fourth-order valence-electron chi connectivity index (χ4n) is 2.03. The third kappa shape index (κ3) is 2.38. The van der Waals surface area contributed by atoms with Gasteiger partial charge in [-0.3, -0.25) is 4.79 Å². The number of ketones is 1. The van der Waals surface area contributed by atoms with Gasteiger partial charge in [0.2, 0.25) is 0 Å². The van der Waals surface area contributed by atoms with Gasteiger partial charge in [0.1, 0.15) is 13.2 Å². The van der Waals surface area contributed by atoms with Crippen LogP contribution in [0.4, 0.5) is 0 Å². The second kappa shape index (κ2) is 5.09. The van der Waals surface area contributed by atoms with Crippen molar-refractivity contribution in [2.75, 3.05) is 13.2 Å². The fraction of sp³-hybridized carbons (Fsp3) is 0.385. The zero-order chi connectivity index (χ0) is 14.2. The van der Waals surface area contributed by atoms with Crippen LogP contribution in [-0.4, -0.2) is 30.1 Å². The first-order valence-electron chi connectivity index (χ1n) is 5.83. The van der Waals surface area contributed by atoms with E-state index in [1.54, 1.807) is 0 Å². The topological polar surface area (TPSA) is 72.8 Å². The quantitative estimate of drug-likeness (QED) is 0.682. The number of ether oxygens (including phenoxy) is 2. The fourth-order valence-corrected chi connectivity index (χ4v) is 2.50. The van der Waals surface area contributed by atoms with Crippen LogP contribution in [0.5, 0.6) is 11.5 Å². The smallest absolute Gasteiger partial charge is 0.377 e. The Morgan fingerprint density at radius 1 is 1.32 bits per heavy atom. The van der Waals surface area contributed by atoms with Crippen LogP contribution in [-0.2, 0) is 4.79 Å². The molecule has 0 unspecified atom stereocenters. The van der Waals surface area contributed by atoms with E-state index < -0.39 is 11.8 Å². The summed E-state index contributed by atoms with van der Waals surface area (Å²) < 4.78 is 10.8. The van der Waals surface area contributed by atoms with Crippen molar-refractivity contribution in [3.63, 3.8) is 0 Å². The van der Waals surface area contributed by atoms with E-state index in [1.807, 2.05) is 13.8 Å². The molecule has 19 heavy (non-hydrogen) atoms. The number of benzene rings is 1. The van der Waals surface area contributed by atoms with Crippen molar-refractivity contribution in [3.8, 4) is 11.5 Å². The van der Waals surface area contributed by atoms with Gasteiger partial charge in [0.15, 0.2) is 11.5 Å². The molecule has 0 atom stereocenters. The van der Waals surface area contributed by atoms with E-state index in [2.05, 4.69) is 0 Å². The summed E-state index contributed by atoms with van der Waals surface area (Å²) in [5.74, 6) is -1.94. The second-order valence-corrected chi connectivity index (χ2v) is 4.84. The summed E-state index contributed by atoms with van der Waals surface area (Å²) in [6, 6.07) is 1.40. The van der Waals surface area contributed by atoms with Crippen LogP contribution >= 0.6 is 11.6 Å². The number of fused-ring (bicyclic) bond motifs is 1. The normalized spacial score (nSPS) is 13.5. The molecule has 0 spiro atoms. The third-order valence-electron chi connectivity index (χ3n) is 2.83. The van der Waals surface area contributed by atoms with Crippen molar-refractivity contribution in [3.05, 3.63) is 22.2 Å². The van der Waals surface area contributed by atoms with Gasteiger partial charge < -0.3 is 14.6 Å². The number of Topliss-reactive ketones (excluding diaryl/α,β-unsaturated/α-hetero) is 1. The van der Waals surface area contributed by atoms with Crippen molar-refractivity contribution in [1.82, 2.24) is 0 Å². The van der Waals surface area contributed by atoms with Gasteiger partial charge in [-0.2, -0.15) is 0 Å². The number of halogens is 1. The van der Waals surface area contributed by atoms with Gasteiger partial charge in [-0.15, -0.1) is 0 Å². The van der Waals surface area contributed by atoms with Crippen LogP contribution in [0.25, 0.3) is 0 Å². The molecule has 0 aliphatic carbocycles. The highest BCUT2D eigenvalue weighted by Crippen LogP contribution is 2.44. The number of hydrogen-bond donors (Lipinski definition) is 1. The Hall–Kier alpha value is -1.75. The van der Waals surface area contributed by atoms with E-state index in [0.717, 1.165) is 0 Å². The number of carboxylic acids is 1. The van der Waals surface area contributed by atoms with E-state index in [1.165, 1.54) is 6.07 Å². The number of rotatable bonds is 3. The first-order valence-corrected chi connectivity index (χ1v) is 6.21. The van der Waals surface area contributed by atoms with Crippen LogP contribution in [0.2, 0.25) is 5.02 Å². The van der Waals surface area contributed by atoms with Crippen LogP contribution in [0.3, 0.4) is 0 Å². The maximum absolute atomic E-state index is 11.8. The molecule has 0 amide bonds. The van der Waals surface area contributed by atoms with Crippen LogP contribution < -0.4 is 9.47 Å². The molecule has 0 saturated carbocycles. The van der Waals surface area contributed by atoms with E-state index in [-0.39, 0.29) is 16.5 Å². The zero-order valence-corrected chi connectivity index (χ0v) is 11.3. The number of aliphatic carboxylic acids is 1. The summed E-state index contributed by atoms with van der Waals surface area (Å²) >= 11 is 6.23. The van der Waals surface area contributed by atoms with Crippen molar-refractivity contribution < 1.29 is 24.2 Å². The standard InChI is InChI=1S/C13H13ClO5/c1-6(2)9-7(11(15)13(16)17)5-8-12(10(9)14)19-4-3-18-8/h5-6H,3-4H2,1-2H3,(H,16,17). The molecule has 0 aromatic heterocycles. The Morgan fingerprint density at radius 3 is 2.53 bits per heavy atom. The van der Waals surface area contributed by atoms with Crippen molar-refractivity contribution in [2.45, 2.75) is 19.8 Å². The van der Waals surface area contributed by atoms with Gasteiger partial charge in [0.05, 0.1) is 5.02 Å². The van der Waals surface area contributed by atoms with E-state index in [9.17, 15) is 9.59 Å². The highest BCUT2D eigenvalue weighted by atomic mass is 35.5. The number of carboxylic acid groups (broad SMARTS) is 1. The molecule has 1 aliphatic heterocycles. The lowest BCUT2D eigenvalue weighted by molar-refractivity contribution is -0.131. The Bertz CT molecular complexity index is 550. The lowest BCUT2D eigenvalue weighted by Crippen LogP contribution is -2.20. The van der Waals surface area contributed by atoms with Crippen LogP contribution in [0.15, 0.2) is 6.07 Å². The zero-order valence-electron chi connectivity index (χ0n) is 10.5. The predicted molar refractivity (Wildman–Crippen MR) is 68.5 cm³/mol. The lowest BCUT2D eigenvalue weighted by atomic mass is 9.93. The maximum Gasteiger partial charge on any atom is 0.377 e. The predicted octanol–water partition coefficient (Wildman–Crippen LogP) is 2.50. The van der Waals surface area contributed by atoms with Crippen LogP contribution in [0.1, 0.15) is 35.7 Å². The minimum Gasteiger partial charge on any atom is -0.486 e. The molecule has 5 nitrogen and oxygen atoms in total. The third-order valence-corrected chi connectivity index (χ3v) is 3.20. The summed E-state index contributed by atoms with van der Waals surface area (Å²) in [4.78, 5) is 22.6. The minimum absolute atomic E-state index is 0.0525. The number of hydrogen-bond acceptors (Lipinski definition) is 4. The van der Waals surface area contributed by atoms with Crippen LogP contribution in [0, 0.1) is 0 Å². The monoisotopic (exact) mass is 284 g/mol. The van der Waals surface area contributed by atoms with Gasteiger partial charge >= 0.3 is 5.97 Å². The van der Waals surface area contributed by atoms with Crippen molar-refractivity contribution in [2.24, 2.45) is 0 Å². The molecular weight excluding hydrogens is 272 g/mol. The van der Waals surface area contributed by atoms with E-state index in [0.29, 0.717) is 30.3 Å². The molecule has 0 bridgehead atoms. The molecule has 6 heteroatoms. The van der Waals surface area contributed by atoms with E-state index >= 15 is 0 Å². The molecule has 0 saturated heterocycles. The Labute approximate surface area is 115 Å². The highest BCUT2D eigenvalue weighted by Gasteiger charge is 2.28. The summed E-state index contributed by atoms with van der Waals surface area (Å²) in [6.45, 7) is 4.37. The molecule has 1 N–H and O–H groups in total. The molecule has 102 valence electrons. The number of carbonyl (C=O) groups excluding carboxylic acids is 1. The Kier molecular flexibility index (Phi) is 3.66. The van der Waals surface area contributed by atoms with E-state index in [4.69, 9.17) is 26.2 Å². The van der Waals surface area contributed by atoms with Crippen molar-refractivity contribution in [1.29, 1.82) is 0 Å². The van der Waals surface area contributed by atoms with Gasteiger partial charge in [0, 0.05) is 5.56 Å². The van der Waals surface area contributed by atoms with Gasteiger partial charge in [0.25, 0.3) is 5.78 Å². The Balaban J connectivity index is 2.68. The van der Waals surface area contributed by atoms with Gasteiger partial charge in [-0.1, -0.05) is 25.4 Å². The van der Waals surface area contributed by atoms with Gasteiger partial charge in [-0.05, 0) is 17.5 Å². The largest absolute Gasteiger partial charge is 0.486 e. The number of carbonyl (C=O) groups is 2. The molecule has 1 aromatic carbocycles. The summed E-state index contributed by atoms with van der Waals surface area (Å²) in [5, 5.41) is 9.12. The Morgan fingerprint density at radius 2 is 1.95 bits per heavy atom. The minimum atomic E-state index is -1.52. The first-order chi connectivity index (χ1) is 8.93. The lowest BCUT2D eigenvalue weighted by Gasteiger charge is -2.23. The molecular formula is C13H13ClO5. The highest BCUT2D eigenvalue weighted by molar-refractivity contribution is 6.41. The average Bonchev–Trinajstić information content (AvgIpc) is 2.37.